The number of rotatable bonds is 0. The molecule has 2 N–H and O–H groups in total. The second-order valence-electron chi connectivity index (χ2n) is 2.71. The van der Waals surface area contributed by atoms with Crippen LogP contribution in [0.5, 0.6) is 0 Å². The van der Waals surface area contributed by atoms with Crippen molar-refractivity contribution in [3.63, 3.8) is 0 Å². The summed E-state index contributed by atoms with van der Waals surface area (Å²) in [5.74, 6) is 0.249. The molecule has 0 unspecified atom stereocenters. The van der Waals surface area contributed by atoms with Crippen molar-refractivity contribution in [1.82, 2.24) is 14.8 Å². The molecule has 0 saturated carbocycles. The van der Waals surface area contributed by atoms with Gasteiger partial charge in [0.25, 0.3) is 0 Å². The molecule has 0 radical (unpaired) electrons. The van der Waals surface area contributed by atoms with Gasteiger partial charge in [-0.15, -0.1) is 0 Å². The highest BCUT2D eigenvalue weighted by Crippen LogP contribution is 2.16. The van der Waals surface area contributed by atoms with Crippen LogP contribution in [-0.2, 0) is 7.05 Å². The lowest BCUT2D eigenvalue weighted by atomic mass is 10.2. The molecule has 2 rings (SSSR count). The molecule has 0 saturated heterocycles. The molecular formula is C8H7N5. The molecule has 0 aliphatic heterocycles. The standard InChI is InChI=1S/C8H7N5/c1-13-8-6(4-11-13)2-5(3-9)7(10)12-8/h2,4H,1H3,(H2,10,12). The van der Waals surface area contributed by atoms with Crippen molar-refractivity contribution in [2.75, 3.05) is 5.73 Å². The number of nitriles is 1. The molecule has 2 aromatic heterocycles. The normalized spacial score (nSPS) is 10.2. The topological polar surface area (TPSA) is 80.5 Å². The van der Waals surface area contributed by atoms with Gasteiger partial charge in [-0.3, -0.25) is 4.68 Å². The molecule has 5 heteroatoms. The van der Waals surface area contributed by atoms with Crippen molar-refractivity contribution in [3.05, 3.63) is 17.8 Å². The van der Waals surface area contributed by atoms with Crippen molar-refractivity contribution in [3.8, 4) is 6.07 Å². The van der Waals surface area contributed by atoms with Gasteiger partial charge in [0.1, 0.15) is 11.9 Å². The van der Waals surface area contributed by atoms with Crippen molar-refractivity contribution in [1.29, 1.82) is 5.26 Å². The number of aromatic nitrogens is 3. The Labute approximate surface area is 74.4 Å². The smallest absolute Gasteiger partial charge is 0.159 e. The lowest BCUT2D eigenvalue weighted by Crippen LogP contribution is -1.98. The van der Waals surface area contributed by atoms with Gasteiger partial charge >= 0.3 is 0 Å². The fourth-order valence-corrected chi connectivity index (χ4v) is 1.18. The molecule has 0 aliphatic rings. The summed E-state index contributed by atoms with van der Waals surface area (Å²) in [6.07, 6.45) is 1.66. The number of anilines is 1. The Kier molecular flexibility index (Phi) is 1.43. The number of hydrogen-bond donors (Lipinski definition) is 1. The van der Waals surface area contributed by atoms with E-state index in [4.69, 9.17) is 11.0 Å². The first-order valence-electron chi connectivity index (χ1n) is 3.70. The Morgan fingerprint density at radius 2 is 2.38 bits per heavy atom. The second-order valence-corrected chi connectivity index (χ2v) is 2.71. The van der Waals surface area contributed by atoms with E-state index >= 15 is 0 Å². The van der Waals surface area contributed by atoms with Crippen LogP contribution in [0.25, 0.3) is 11.0 Å². The average molecular weight is 173 g/mol. The number of fused-ring (bicyclic) bond motifs is 1. The largest absolute Gasteiger partial charge is 0.383 e. The minimum Gasteiger partial charge on any atom is -0.383 e. The first-order chi connectivity index (χ1) is 6.22. The van der Waals surface area contributed by atoms with E-state index in [1.165, 1.54) is 0 Å². The zero-order valence-electron chi connectivity index (χ0n) is 7.02. The Morgan fingerprint density at radius 3 is 3.08 bits per heavy atom. The Balaban J connectivity index is 2.85. The summed E-state index contributed by atoms with van der Waals surface area (Å²) in [6.45, 7) is 0. The van der Waals surface area contributed by atoms with Gasteiger partial charge in [0.15, 0.2) is 5.65 Å². The lowest BCUT2D eigenvalue weighted by molar-refractivity contribution is 0.787. The van der Waals surface area contributed by atoms with Crippen LogP contribution in [0.4, 0.5) is 5.82 Å². The van der Waals surface area contributed by atoms with Crippen molar-refractivity contribution < 1.29 is 0 Å². The molecule has 0 spiro atoms. The summed E-state index contributed by atoms with van der Waals surface area (Å²) >= 11 is 0. The molecule has 5 nitrogen and oxygen atoms in total. The third-order valence-electron chi connectivity index (χ3n) is 1.86. The van der Waals surface area contributed by atoms with Crippen molar-refractivity contribution >= 4 is 16.9 Å². The van der Waals surface area contributed by atoms with Gasteiger partial charge in [-0.1, -0.05) is 0 Å². The van der Waals surface area contributed by atoms with Crippen LogP contribution < -0.4 is 5.73 Å². The van der Waals surface area contributed by atoms with Crippen LogP contribution in [0, 0.1) is 11.3 Å². The number of nitrogens with two attached hydrogens (primary N) is 1. The van der Waals surface area contributed by atoms with E-state index in [1.807, 2.05) is 6.07 Å². The van der Waals surface area contributed by atoms with E-state index < -0.39 is 0 Å². The number of hydrogen-bond acceptors (Lipinski definition) is 4. The second kappa shape index (κ2) is 2.45. The lowest BCUT2D eigenvalue weighted by Gasteiger charge is -1.97. The van der Waals surface area contributed by atoms with Crippen LogP contribution in [0.1, 0.15) is 5.56 Å². The van der Waals surface area contributed by atoms with Gasteiger partial charge in [-0.05, 0) is 6.07 Å². The van der Waals surface area contributed by atoms with Crippen LogP contribution in [-0.4, -0.2) is 14.8 Å². The summed E-state index contributed by atoms with van der Waals surface area (Å²) in [5.41, 5.74) is 6.63. The van der Waals surface area contributed by atoms with Gasteiger partial charge in [0.05, 0.1) is 11.8 Å². The fraction of sp³-hybridized carbons (Fsp3) is 0.125. The maximum Gasteiger partial charge on any atom is 0.159 e. The SMILES string of the molecule is Cn1ncc2cc(C#N)c(N)nc21. The third-order valence-corrected chi connectivity index (χ3v) is 1.86. The number of aryl methyl sites for hydroxylation is 1. The van der Waals surface area contributed by atoms with Crippen molar-refractivity contribution in [2.24, 2.45) is 7.05 Å². The van der Waals surface area contributed by atoms with Crippen molar-refractivity contribution in [2.45, 2.75) is 0 Å². The van der Waals surface area contributed by atoms with Crippen LogP contribution in [0.2, 0.25) is 0 Å². The predicted octanol–water partition coefficient (Wildman–Crippen LogP) is 0.422. The molecule has 2 aromatic rings. The maximum absolute atomic E-state index is 8.69. The first kappa shape index (κ1) is 7.55. The number of nitrogens with zero attached hydrogens (tertiary/aromatic N) is 4. The summed E-state index contributed by atoms with van der Waals surface area (Å²) in [6, 6.07) is 3.66. The highest BCUT2D eigenvalue weighted by molar-refractivity contribution is 5.79. The highest BCUT2D eigenvalue weighted by atomic mass is 15.3. The van der Waals surface area contributed by atoms with E-state index in [9.17, 15) is 0 Å². The Morgan fingerprint density at radius 1 is 1.62 bits per heavy atom. The average Bonchev–Trinajstić information content (AvgIpc) is 2.47. The number of nitrogen functional groups attached to an aromatic ring is 1. The maximum atomic E-state index is 8.69. The quantitative estimate of drug-likeness (QED) is 0.626. The molecule has 2 heterocycles. The Bertz CT molecular complexity index is 505. The summed E-state index contributed by atoms with van der Waals surface area (Å²) < 4.78 is 1.62. The van der Waals surface area contributed by atoms with Gasteiger partial charge < -0.3 is 5.73 Å². The molecule has 0 fully saturated rings. The molecule has 0 aliphatic carbocycles. The molecule has 0 aromatic carbocycles. The number of pyridine rings is 1. The van der Waals surface area contributed by atoms with E-state index in [0.717, 1.165) is 5.39 Å². The zero-order valence-corrected chi connectivity index (χ0v) is 7.02. The zero-order chi connectivity index (χ0) is 9.42. The summed E-state index contributed by atoms with van der Waals surface area (Å²) in [7, 11) is 1.78. The monoisotopic (exact) mass is 173 g/mol. The summed E-state index contributed by atoms with van der Waals surface area (Å²) in [5, 5.41) is 13.5. The van der Waals surface area contributed by atoms with Gasteiger partial charge in [0.2, 0.25) is 0 Å². The van der Waals surface area contributed by atoms with Crippen LogP contribution in [0.15, 0.2) is 12.3 Å². The van der Waals surface area contributed by atoms with E-state index in [2.05, 4.69) is 10.1 Å². The molecule has 0 bridgehead atoms. The minimum absolute atomic E-state index is 0.249. The molecule has 64 valence electrons. The molecule has 13 heavy (non-hydrogen) atoms. The molecule has 0 atom stereocenters. The predicted molar refractivity (Wildman–Crippen MR) is 47.6 cm³/mol. The van der Waals surface area contributed by atoms with Crippen LogP contribution >= 0.6 is 0 Å². The Hall–Kier alpha value is -2.09. The van der Waals surface area contributed by atoms with Gasteiger partial charge in [-0.25, -0.2) is 4.98 Å². The van der Waals surface area contributed by atoms with E-state index in [0.29, 0.717) is 11.2 Å². The van der Waals surface area contributed by atoms with E-state index in [1.54, 1.807) is 24.0 Å². The molecule has 0 amide bonds. The minimum atomic E-state index is 0.249. The first-order valence-corrected chi connectivity index (χ1v) is 3.70. The van der Waals surface area contributed by atoms with Gasteiger partial charge in [-0.2, -0.15) is 10.4 Å². The van der Waals surface area contributed by atoms with E-state index in [-0.39, 0.29) is 5.82 Å². The highest BCUT2D eigenvalue weighted by Gasteiger charge is 2.05. The fourth-order valence-electron chi connectivity index (χ4n) is 1.18. The third kappa shape index (κ3) is 0.999. The summed E-state index contributed by atoms with van der Waals surface area (Å²) in [4.78, 5) is 4.06. The van der Waals surface area contributed by atoms with Gasteiger partial charge in [0, 0.05) is 12.4 Å². The van der Waals surface area contributed by atoms with Crippen LogP contribution in [0.3, 0.4) is 0 Å². The molecular weight excluding hydrogens is 166 g/mol.